The number of Topliss-reactive ketones (excluding diaryl/α,β-unsaturated/α-hetero) is 1. The number of hydrogen-bond donors (Lipinski definition) is 0. The zero-order chi connectivity index (χ0) is 18.2. The molecular weight excluding hydrogens is 320 g/mol. The van der Waals surface area contributed by atoms with Crippen molar-refractivity contribution in [2.45, 2.75) is 13.3 Å². The van der Waals surface area contributed by atoms with Gasteiger partial charge in [-0.25, -0.2) is 0 Å². The molecule has 0 spiro atoms. The fraction of sp³-hybridized carbons (Fsp3) is 0.0870. The van der Waals surface area contributed by atoms with Crippen molar-refractivity contribution < 1.29 is 4.79 Å². The van der Waals surface area contributed by atoms with Crippen molar-refractivity contribution in [3.63, 3.8) is 0 Å². The van der Waals surface area contributed by atoms with Gasteiger partial charge < -0.3 is 0 Å². The summed E-state index contributed by atoms with van der Waals surface area (Å²) in [6.07, 6.45) is 0.731. The minimum absolute atomic E-state index is 0.135. The third-order valence-electron chi connectivity index (χ3n) is 4.01. The lowest BCUT2D eigenvalue weighted by molar-refractivity contribution is 0.106. The maximum atomic E-state index is 13.0. The highest BCUT2D eigenvalue weighted by atomic mass is 16.1. The molecule has 0 aliphatic heterocycles. The average Bonchev–Trinajstić information content (AvgIpc) is 2.73. The van der Waals surface area contributed by atoms with E-state index in [0.29, 0.717) is 11.3 Å². The van der Waals surface area contributed by atoms with E-state index in [4.69, 9.17) is 0 Å². The Morgan fingerprint density at radius 1 is 0.654 bits per heavy atom. The topological polar surface area (TPSA) is 41.8 Å². The van der Waals surface area contributed by atoms with Gasteiger partial charge in [0.1, 0.15) is 5.71 Å². The van der Waals surface area contributed by atoms with Crippen molar-refractivity contribution in [1.82, 2.24) is 0 Å². The van der Waals surface area contributed by atoms with Crippen LogP contribution in [0.2, 0.25) is 0 Å². The molecule has 0 saturated carbocycles. The second kappa shape index (κ2) is 8.67. The highest BCUT2D eigenvalue weighted by Gasteiger charge is 2.16. The van der Waals surface area contributed by atoms with Gasteiger partial charge in [0, 0.05) is 11.1 Å². The third-order valence-corrected chi connectivity index (χ3v) is 4.01. The summed E-state index contributed by atoms with van der Waals surface area (Å²) in [6.45, 7) is 2.03. The van der Waals surface area contributed by atoms with Gasteiger partial charge in [0.15, 0.2) is 0 Å². The van der Waals surface area contributed by atoms with E-state index in [1.807, 2.05) is 85.8 Å². The van der Waals surface area contributed by atoms with E-state index in [1.165, 1.54) is 0 Å². The van der Waals surface area contributed by atoms with Crippen molar-refractivity contribution in [1.29, 1.82) is 0 Å². The number of ketones is 1. The molecule has 3 rings (SSSR count). The fourth-order valence-corrected chi connectivity index (χ4v) is 2.63. The third kappa shape index (κ3) is 4.19. The molecule has 0 radical (unpaired) electrons. The highest BCUT2D eigenvalue weighted by Crippen LogP contribution is 2.11. The molecule has 0 atom stereocenters. The second-order valence-corrected chi connectivity index (χ2v) is 5.78. The van der Waals surface area contributed by atoms with Gasteiger partial charge in [-0.05, 0) is 12.0 Å². The van der Waals surface area contributed by atoms with Crippen LogP contribution in [0.1, 0.15) is 34.8 Å². The van der Waals surface area contributed by atoms with Crippen LogP contribution in [-0.2, 0) is 0 Å². The van der Waals surface area contributed by atoms with Gasteiger partial charge in [-0.1, -0.05) is 97.9 Å². The number of nitrogens with zero attached hydrogens (tertiary/aromatic N) is 2. The van der Waals surface area contributed by atoms with E-state index in [-0.39, 0.29) is 5.78 Å². The van der Waals surface area contributed by atoms with Crippen LogP contribution in [0.25, 0.3) is 0 Å². The van der Waals surface area contributed by atoms with Gasteiger partial charge in [0.25, 0.3) is 0 Å². The molecule has 0 N–H and O–H groups in total. The Balaban J connectivity index is 2.04. The molecule has 0 unspecified atom stereocenters. The van der Waals surface area contributed by atoms with Crippen LogP contribution in [0.15, 0.2) is 101 Å². The Labute approximate surface area is 153 Å². The lowest BCUT2D eigenvalue weighted by atomic mass is 10.0. The van der Waals surface area contributed by atoms with Crippen molar-refractivity contribution in [3.8, 4) is 0 Å². The number of rotatable bonds is 6. The van der Waals surface area contributed by atoms with Gasteiger partial charge in [0.05, 0.1) is 5.71 Å². The van der Waals surface area contributed by atoms with Crippen molar-refractivity contribution in [2.75, 3.05) is 0 Å². The number of carbonyl (C=O) groups excluding carboxylic acids is 1. The van der Waals surface area contributed by atoms with Gasteiger partial charge >= 0.3 is 0 Å². The minimum Gasteiger partial charge on any atom is -0.287 e. The zero-order valence-corrected chi connectivity index (χ0v) is 14.7. The first-order valence-electron chi connectivity index (χ1n) is 8.64. The first-order valence-corrected chi connectivity index (χ1v) is 8.64. The summed E-state index contributed by atoms with van der Waals surface area (Å²) in [4.78, 5) is 13.0. The molecule has 3 nitrogen and oxygen atoms in total. The number of hydrogen-bond acceptors (Lipinski definition) is 3. The summed E-state index contributed by atoms with van der Waals surface area (Å²) in [6, 6.07) is 28.5. The molecule has 0 aromatic heterocycles. The molecule has 3 heteroatoms. The normalized spacial score (nSPS) is 12.0. The van der Waals surface area contributed by atoms with E-state index in [9.17, 15) is 4.79 Å². The van der Waals surface area contributed by atoms with Gasteiger partial charge in [-0.2, -0.15) is 5.10 Å². The lowest BCUT2D eigenvalue weighted by Gasteiger charge is -2.06. The Bertz CT molecular complexity index is 914. The van der Waals surface area contributed by atoms with E-state index < -0.39 is 0 Å². The van der Waals surface area contributed by atoms with Crippen LogP contribution >= 0.6 is 0 Å². The number of benzene rings is 3. The van der Waals surface area contributed by atoms with Crippen LogP contribution in [0.3, 0.4) is 0 Å². The SMILES string of the molecule is CCC(=NN=C(C(=O)c1ccccc1)c1ccccc1)c1ccccc1. The summed E-state index contributed by atoms with van der Waals surface area (Å²) in [5, 5.41) is 8.79. The molecular formula is C23H20N2O. The maximum absolute atomic E-state index is 13.0. The van der Waals surface area contributed by atoms with Gasteiger partial charge in [-0.3, -0.25) is 4.79 Å². The lowest BCUT2D eigenvalue weighted by Crippen LogP contribution is -2.16. The molecule has 128 valence electrons. The quantitative estimate of drug-likeness (QED) is 0.346. The summed E-state index contributed by atoms with van der Waals surface area (Å²) < 4.78 is 0. The Morgan fingerprint density at radius 2 is 1.12 bits per heavy atom. The van der Waals surface area contributed by atoms with Gasteiger partial charge in [-0.15, -0.1) is 5.10 Å². The summed E-state index contributed by atoms with van der Waals surface area (Å²) >= 11 is 0. The smallest absolute Gasteiger partial charge is 0.213 e. The summed E-state index contributed by atoms with van der Waals surface area (Å²) in [5.74, 6) is -0.135. The maximum Gasteiger partial charge on any atom is 0.213 e. The highest BCUT2D eigenvalue weighted by molar-refractivity contribution is 6.51. The Morgan fingerprint density at radius 3 is 1.62 bits per heavy atom. The molecule has 0 amide bonds. The molecule has 3 aromatic carbocycles. The molecule has 0 fully saturated rings. The average molecular weight is 340 g/mol. The van der Waals surface area contributed by atoms with E-state index in [2.05, 4.69) is 10.2 Å². The predicted molar refractivity (Wildman–Crippen MR) is 107 cm³/mol. The first kappa shape index (κ1) is 17.5. The monoisotopic (exact) mass is 340 g/mol. The molecule has 0 aliphatic rings. The summed E-state index contributed by atoms with van der Waals surface area (Å²) in [7, 11) is 0. The Kier molecular flexibility index (Phi) is 5.84. The predicted octanol–water partition coefficient (Wildman–Crippen LogP) is 5.17. The van der Waals surface area contributed by atoms with Crippen LogP contribution < -0.4 is 0 Å². The minimum atomic E-state index is -0.135. The fourth-order valence-electron chi connectivity index (χ4n) is 2.63. The largest absolute Gasteiger partial charge is 0.287 e. The zero-order valence-electron chi connectivity index (χ0n) is 14.7. The standard InChI is InChI=1S/C23H20N2O/c1-2-21(18-12-6-3-7-13-18)24-25-22(19-14-8-4-9-15-19)23(26)20-16-10-5-11-17-20/h3-17H,2H2,1H3. The molecule has 3 aromatic rings. The van der Waals surface area contributed by atoms with Crippen LogP contribution in [0.5, 0.6) is 0 Å². The van der Waals surface area contributed by atoms with Crippen LogP contribution in [0.4, 0.5) is 0 Å². The molecule has 0 aliphatic carbocycles. The molecule has 0 heterocycles. The van der Waals surface area contributed by atoms with Gasteiger partial charge in [0.2, 0.25) is 5.78 Å². The summed E-state index contributed by atoms with van der Waals surface area (Å²) in [5.41, 5.74) is 3.56. The Hall–Kier alpha value is -3.33. The van der Waals surface area contributed by atoms with E-state index in [1.54, 1.807) is 12.1 Å². The van der Waals surface area contributed by atoms with Crippen molar-refractivity contribution in [2.24, 2.45) is 10.2 Å². The van der Waals surface area contributed by atoms with E-state index >= 15 is 0 Å². The molecule has 26 heavy (non-hydrogen) atoms. The van der Waals surface area contributed by atoms with E-state index in [0.717, 1.165) is 23.3 Å². The number of carbonyl (C=O) groups is 1. The van der Waals surface area contributed by atoms with Crippen molar-refractivity contribution in [3.05, 3.63) is 108 Å². The first-order chi connectivity index (χ1) is 12.8. The molecule has 0 bridgehead atoms. The van der Waals surface area contributed by atoms with Crippen molar-refractivity contribution >= 4 is 17.2 Å². The van der Waals surface area contributed by atoms with Crippen LogP contribution in [0, 0.1) is 0 Å². The van der Waals surface area contributed by atoms with Crippen LogP contribution in [-0.4, -0.2) is 17.2 Å². The second-order valence-electron chi connectivity index (χ2n) is 5.78. The molecule has 0 saturated heterocycles.